The van der Waals surface area contributed by atoms with Crippen LogP contribution in [0.15, 0.2) is 78.9 Å². The van der Waals surface area contributed by atoms with Gasteiger partial charge in [-0.1, -0.05) is 42.0 Å². The Labute approximate surface area is 217 Å². The van der Waals surface area contributed by atoms with Crippen molar-refractivity contribution in [1.29, 1.82) is 0 Å². The summed E-state index contributed by atoms with van der Waals surface area (Å²) in [6.45, 7) is 2.02. The van der Waals surface area contributed by atoms with Crippen molar-refractivity contribution in [3.05, 3.63) is 95.6 Å². The molecular weight excluding hydrogens is 428 g/mol. The standard InChI is InChI=1S/C31H32N4/c1-21-14-22(2)31(23(3)15-21)24-16-25(34-19-32(4)27-10-6-8-12-29(27)34)18-26(17-24)35-20-33(5)28-11-7-9-13-30(28)35/h6-18H,19-20H2,1-5H3/i4D3,5D3. The van der Waals surface area contributed by atoms with Crippen LogP contribution in [0.5, 0.6) is 0 Å². The average molecular weight is 467 g/mol. The molecule has 2 heterocycles. The second-order valence-electron chi connectivity index (χ2n) is 9.48. The summed E-state index contributed by atoms with van der Waals surface area (Å²) in [4.78, 5) is 6.94. The minimum atomic E-state index is -2.30. The molecule has 176 valence electrons. The summed E-state index contributed by atoms with van der Waals surface area (Å²) < 4.78 is 49.0. The molecule has 0 N–H and O–H groups in total. The number of aryl methyl sites for hydroxylation is 3. The van der Waals surface area contributed by atoms with Gasteiger partial charge in [-0.25, -0.2) is 0 Å². The predicted octanol–water partition coefficient (Wildman–Crippen LogP) is 7.37. The Morgan fingerprint density at radius 2 is 1.06 bits per heavy atom. The normalized spacial score (nSPS) is 17.8. The van der Waals surface area contributed by atoms with Crippen molar-refractivity contribution in [2.45, 2.75) is 20.8 Å². The predicted molar refractivity (Wildman–Crippen MR) is 150 cm³/mol. The smallest absolute Gasteiger partial charge is 0.0950 e. The van der Waals surface area contributed by atoms with Crippen LogP contribution in [0.1, 0.15) is 24.9 Å². The van der Waals surface area contributed by atoms with Crippen molar-refractivity contribution in [3.8, 4) is 11.1 Å². The van der Waals surface area contributed by atoms with Gasteiger partial charge in [0.1, 0.15) is 0 Å². The van der Waals surface area contributed by atoms with E-state index in [9.17, 15) is 0 Å². The Bertz CT molecular complexity index is 1530. The Hall–Kier alpha value is -3.92. The molecule has 2 aliphatic heterocycles. The first-order valence-electron chi connectivity index (χ1n) is 14.8. The second-order valence-corrected chi connectivity index (χ2v) is 9.48. The van der Waals surface area contributed by atoms with E-state index in [1.54, 1.807) is 0 Å². The molecule has 0 radical (unpaired) electrons. The monoisotopic (exact) mass is 466 g/mol. The lowest BCUT2D eigenvalue weighted by Gasteiger charge is -2.26. The largest absolute Gasteiger partial charge is 0.355 e. The van der Waals surface area contributed by atoms with Gasteiger partial charge < -0.3 is 19.6 Å². The molecule has 0 unspecified atom stereocenters. The fraction of sp³-hybridized carbons (Fsp3) is 0.226. The third-order valence-corrected chi connectivity index (χ3v) is 6.98. The van der Waals surface area contributed by atoms with E-state index in [-0.39, 0.29) is 13.3 Å². The molecule has 0 fully saturated rings. The zero-order chi connectivity index (χ0) is 29.3. The lowest BCUT2D eigenvalue weighted by Crippen LogP contribution is -2.26. The summed E-state index contributed by atoms with van der Waals surface area (Å²) in [5.41, 5.74) is 10.2. The van der Waals surface area contributed by atoms with Crippen molar-refractivity contribution in [3.63, 3.8) is 0 Å². The summed E-state index contributed by atoms with van der Waals surface area (Å²) in [6, 6.07) is 25.7. The molecule has 0 amide bonds. The molecule has 2 aliphatic rings. The highest BCUT2D eigenvalue weighted by Crippen LogP contribution is 2.46. The molecule has 4 aromatic rings. The van der Waals surface area contributed by atoms with Gasteiger partial charge in [0.25, 0.3) is 0 Å². The molecule has 6 rings (SSSR count). The van der Waals surface area contributed by atoms with Gasteiger partial charge in [0.15, 0.2) is 0 Å². The van der Waals surface area contributed by atoms with E-state index in [1.165, 1.54) is 15.4 Å². The Morgan fingerprint density at radius 1 is 0.600 bits per heavy atom. The van der Waals surface area contributed by atoms with E-state index >= 15 is 0 Å². The molecule has 0 aromatic heterocycles. The Kier molecular flexibility index (Phi) is 3.67. The molecule has 4 aromatic carbocycles. The lowest BCUT2D eigenvalue weighted by atomic mass is 9.93. The van der Waals surface area contributed by atoms with Crippen LogP contribution in [0.3, 0.4) is 0 Å². The zero-order valence-electron chi connectivity index (χ0n) is 26.2. The van der Waals surface area contributed by atoms with E-state index in [0.29, 0.717) is 11.4 Å². The van der Waals surface area contributed by atoms with Gasteiger partial charge in [0.2, 0.25) is 0 Å². The maximum Gasteiger partial charge on any atom is 0.0950 e. The van der Waals surface area contributed by atoms with Gasteiger partial charge in [-0.05, 0) is 85.5 Å². The molecular formula is C31H32N4. The molecule has 0 saturated heterocycles. The van der Waals surface area contributed by atoms with Gasteiger partial charge in [0, 0.05) is 33.6 Å². The van der Waals surface area contributed by atoms with Crippen LogP contribution in [0.25, 0.3) is 11.1 Å². The summed E-state index contributed by atoms with van der Waals surface area (Å²) in [5.74, 6) is 0. The van der Waals surface area contributed by atoms with Crippen LogP contribution >= 0.6 is 0 Å². The van der Waals surface area contributed by atoms with Crippen LogP contribution < -0.4 is 19.6 Å². The van der Waals surface area contributed by atoms with Crippen molar-refractivity contribution in [2.24, 2.45) is 0 Å². The zero-order valence-corrected chi connectivity index (χ0v) is 20.2. The van der Waals surface area contributed by atoms with E-state index in [2.05, 4.69) is 45.0 Å². The van der Waals surface area contributed by atoms with Crippen LogP contribution in [0.4, 0.5) is 34.1 Å². The number of hydrogen-bond acceptors (Lipinski definition) is 4. The van der Waals surface area contributed by atoms with Crippen LogP contribution in [-0.2, 0) is 0 Å². The van der Waals surface area contributed by atoms with Crippen molar-refractivity contribution in [1.82, 2.24) is 0 Å². The average Bonchev–Trinajstić information content (AvgIpc) is 3.48. The number of nitrogens with zero attached hydrogens (tertiary/aromatic N) is 4. The van der Waals surface area contributed by atoms with Crippen molar-refractivity contribution < 1.29 is 8.22 Å². The summed E-state index contributed by atoms with van der Waals surface area (Å²) in [6.07, 6.45) is 0. The van der Waals surface area contributed by atoms with Gasteiger partial charge in [-0.3, -0.25) is 0 Å². The number of anilines is 6. The van der Waals surface area contributed by atoms with Gasteiger partial charge >= 0.3 is 0 Å². The minimum Gasteiger partial charge on any atom is -0.355 e. The number of hydrogen-bond donors (Lipinski definition) is 0. The fourth-order valence-electron chi connectivity index (χ4n) is 5.56. The highest BCUT2D eigenvalue weighted by molar-refractivity contribution is 5.89. The third kappa shape index (κ3) is 3.52. The fourth-order valence-corrected chi connectivity index (χ4v) is 5.56. The molecule has 4 nitrogen and oxygen atoms in total. The molecule has 4 heteroatoms. The third-order valence-electron chi connectivity index (χ3n) is 6.98. The summed E-state index contributed by atoms with van der Waals surface area (Å²) >= 11 is 0. The topological polar surface area (TPSA) is 13.0 Å². The van der Waals surface area contributed by atoms with E-state index in [1.807, 2.05) is 64.4 Å². The maximum atomic E-state index is 8.17. The van der Waals surface area contributed by atoms with Crippen LogP contribution in [0, 0.1) is 20.8 Å². The first kappa shape index (κ1) is 15.9. The quantitative estimate of drug-likeness (QED) is 0.312. The SMILES string of the molecule is [2H]C([2H])([2H])N1CN(c2cc(-c3c(C)cc(C)cc3C)cc(N3CN(C([2H])([2H])[2H])c4ccccc43)c2)c2ccccc21. The molecule has 35 heavy (non-hydrogen) atoms. The van der Waals surface area contributed by atoms with Gasteiger partial charge in [-0.2, -0.15) is 0 Å². The highest BCUT2D eigenvalue weighted by Gasteiger charge is 2.28. The first-order chi connectivity index (χ1) is 19.3. The molecule has 0 atom stereocenters. The Morgan fingerprint density at radius 3 is 1.51 bits per heavy atom. The molecule has 0 bridgehead atoms. The van der Waals surface area contributed by atoms with Crippen molar-refractivity contribution >= 4 is 34.1 Å². The second kappa shape index (κ2) is 8.09. The number of benzene rings is 4. The molecule has 0 aliphatic carbocycles. The van der Waals surface area contributed by atoms with Crippen LogP contribution in [-0.4, -0.2) is 27.3 Å². The lowest BCUT2D eigenvalue weighted by molar-refractivity contribution is 0.940. The Balaban J connectivity index is 1.56. The van der Waals surface area contributed by atoms with Crippen molar-refractivity contribution in [2.75, 3.05) is 46.9 Å². The van der Waals surface area contributed by atoms with Gasteiger partial charge in [-0.15, -0.1) is 0 Å². The summed E-state index contributed by atoms with van der Waals surface area (Å²) in [7, 11) is 0. The number of rotatable bonds is 3. The van der Waals surface area contributed by atoms with E-state index in [4.69, 9.17) is 8.22 Å². The first-order valence-corrected chi connectivity index (χ1v) is 11.8. The molecule has 0 spiro atoms. The van der Waals surface area contributed by atoms with E-state index in [0.717, 1.165) is 45.0 Å². The van der Waals surface area contributed by atoms with E-state index < -0.39 is 14.0 Å². The number of fused-ring (bicyclic) bond motifs is 2. The molecule has 0 saturated carbocycles. The summed E-state index contributed by atoms with van der Waals surface area (Å²) in [5, 5.41) is 0. The highest BCUT2D eigenvalue weighted by atomic mass is 15.4. The van der Waals surface area contributed by atoms with Gasteiger partial charge in [0.05, 0.1) is 36.1 Å². The minimum absolute atomic E-state index is 0.169. The number of para-hydroxylation sites is 4. The maximum absolute atomic E-state index is 8.17. The van der Waals surface area contributed by atoms with Crippen LogP contribution in [0.2, 0.25) is 0 Å².